The number of hydrogen-bond donors (Lipinski definition) is 1. The van der Waals surface area contributed by atoms with Crippen LogP contribution in [0.1, 0.15) is 31.9 Å². The van der Waals surface area contributed by atoms with E-state index in [-0.39, 0.29) is 11.1 Å². The number of carbonyl (C=O) groups is 2. The maximum Gasteiger partial charge on any atom is 0.514 e. The number of benzene rings is 2. The molecule has 2 aromatic carbocycles. The molecule has 10 heteroatoms. The molecular formula is C24H25N3O7. The van der Waals surface area contributed by atoms with Crippen LogP contribution in [0.4, 0.5) is 10.5 Å². The molecular weight excluding hydrogens is 442 g/mol. The van der Waals surface area contributed by atoms with Crippen LogP contribution in [-0.4, -0.2) is 46.2 Å². The minimum Gasteiger partial charge on any atom is -0.499 e. The van der Waals surface area contributed by atoms with Crippen molar-refractivity contribution in [2.24, 2.45) is 0 Å². The average Bonchev–Trinajstić information content (AvgIpc) is 2.80. The lowest BCUT2D eigenvalue weighted by molar-refractivity contribution is -0.385. The van der Waals surface area contributed by atoms with Gasteiger partial charge in [-0.2, -0.15) is 5.26 Å². The molecule has 1 unspecified atom stereocenters. The zero-order valence-corrected chi connectivity index (χ0v) is 19.1. The second kappa shape index (κ2) is 12.0. The Bertz CT molecular complexity index is 1120. The molecule has 0 fully saturated rings. The smallest absolute Gasteiger partial charge is 0.499 e. The van der Waals surface area contributed by atoms with Crippen LogP contribution in [0, 0.1) is 21.4 Å². The van der Waals surface area contributed by atoms with Gasteiger partial charge in [0.2, 0.25) is 5.75 Å². The van der Waals surface area contributed by atoms with Gasteiger partial charge in [-0.3, -0.25) is 14.9 Å². The van der Waals surface area contributed by atoms with E-state index in [4.69, 9.17) is 9.47 Å². The number of carbonyl (C=O) groups excluding carboxylic acids is 2. The highest BCUT2D eigenvalue weighted by atomic mass is 16.7. The highest BCUT2D eigenvalue weighted by Gasteiger charge is 2.24. The lowest BCUT2D eigenvalue weighted by Gasteiger charge is -2.17. The van der Waals surface area contributed by atoms with Gasteiger partial charge in [0.1, 0.15) is 17.7 Å². The summed E-state index contributed by atoms with van der Waals surface area (Å²) in [6, 6.07) is 13.1. The molecule has 1 atom stereocenters. The van der Waals surface area contributed by atoms with Crippen molar-refractivity contribution in [3.8, 4) is 17.6 Å². The number of amides is 1. The Morgan fingerprint density at radius 3 is 2.44 bits per heavy atom. The number of nitro benzene ring substituents is 1. The predicted molar refractivity (Wildman–Crippen MR) is 123 cm³/mol. The Morgan fingerprint density at radius 2 is 1.88 bits per heavy atom. The normalized spacial score (nSPS) is 11.8. The van der Waals surface area contributed by atoms with Crippen molar-refractivity contribution in [1.29, 1.82) is 5.26 Å². The Balaban J connectivity index is 2.30. The number of nitrogens with zero attached hydrogens (tertiary/aromatic N) is 3. The molecule has 10 nitrogen and oxygen atoms in total. The maximum absolute atomic E-state index is 12.5. The van der Waals surface area contributed by atoms with Gasteiger partial charge in [0.15, 0.2) is 5.75 Å². The quantitative estimate of drug-likeness (QED) is 0.144. The zero-order valence-electron chi connectivity index (χ0n) is 19.1. The molecule has 0 aliphatic heterocycles. The minimum absolute atomic E-state index is 0.0155. The molecule has 0 radical (unpaired) electrons. The summed E-state index contributed by atoms with van der Waals surface area (Å²) < 4.78 is 10.2. The van der Waals surface area contributed by atoms with Crippen LogP contribution in [0.5, 0.6) is 11.5 Å². The maximum atomic E-state index is 12.5. The lowest BCUT2D eigenvalue weighted by atomic mass is 10.1. The molecule has 2 rings (SSSR count). The van der Waals surface area contributed by atoms with Crippen molar-refractivity contribution in [1.82, 2.24) is 4.90 Å². The zero-order chi connectivity index (χ0) is 25.3. The summed E-state index contributed by atoms with van der Waals surface area (Å²) in [4.78, 5) is 36.7. The van der Waals surface area contributed by atoms with Crippen LogP contribution in [0.3, 0.4) is 0 Å². The molecule has 0 spiro atoms. The largest absolute Gasteiger partial charge is 0.514 e. The summed E-state index contributed by atoms with van der Waals surface area (Å²) in [5, 5.41) is 31.0. The first-order valence-electron chi connectivity index (χ1n) is 10.5. The SMILES string of the molecule is CCN(CC)C(=O)/C(C#N)=C/c1cc(OC(=O)OC(C)Cc2ccccc2)c(O)c([N+](=O)[O-])c1. The van der Waals surface area contributed by atoms with Crippen molar-refractivity contribution in [3.63, 3.8) is 0 Å². The average molecular weight is 467 g/mol. The Labute approximate surface area is 196 Å². The van der Waals surface area contributed by atoms with E-state index < -0.39 is 40.3 Å². The van der Waals surface area contributed by atoms with E-state index >= 15 is 0 Å². The van der Waals surface area contributed by atoms with Gasteiger partial charge in [0.25, 0.3) is 5.91 Å². The van der Waals surface area contributed by atoms with Gasteiger partial charge in [0.05, 0.1) is 4.92 Å². The first kappa shape index (κ1) is 25.9. The third-order valence-corrected chi connectivity index (χ3v) is 4.84. The number of rotatable bonds is 9. The molecule has 0 aliphatic rings. The summed E-state index contributed by atoms with van der Waals surface area (Å²) in [6.07, 6.45) is -0.214. The van der Waals surface area contributed by atoms with E-state index in [9.17, 15) is 30.1 Å². The van der Waals surface area contributed by atoms with Crippen LogP contribution in [-0.2, 0) is 16.0 Å². The van der Waals surface area contributed by atoms with E-state index in [1.165, 1.54) is 4.90 Å². The first-order chi connectivity index (χ1) is 16.2. The monoisotopic (exact) mass is 467 g/mol. The highest BCUT2D eigenvalue weighted by Crippen LogP contribution is 2.38. The van der Waals surface area contributed by atoms with Gasteiger partial charge in [0, 0.05) is 25.6 Å². The van der Waals surface area contributed by atoms with Gasteiger partial charge in [-0.15, -0.1) is 0 Å². The van der Waals surface area contributed by atoms with Gasteiger partial charge < -0.3 is 19.5 Å². The Hall–Kier alpha value is -4.39. The summed E-state index contributed by atoms with van der Waals surface area (Å²) in [5.41, 5.74) is -0.0906. The summed E-state index contributed by atoms with van der Waals surface area (Å²) in [6.45, 7) is 5.88. The van der Waals surface area contributed by atoms with Crippen molar-refractivity contribution in [2.45, 2.75) is 33.3 Å². The highest BCUT2D eigenvalue weighted by molar-refractivity contribution is 6.01. The van der Waals surface area contributed by atoms with E-state index in [0.717, 1.165) is 23.8 Å². The predicted octanol–water partition coefficient (Wildman–Crippen LogP) is 4.22. The first-order valence-corrected chi connectivity index (χ1v) is 10.5. The molecule has 0 bridgehead atoms. The van der Waals surface area contributed by atoms with Gasteiger partial charge in [-0.1, -0.05) is 30.3 Å². The fourth-order valence-corrected chi connectivity index (χ4v) is 3.17. The van der Waals surface area contributed by atoms with Crippen molar-refractivity contribution < 1.29 is 29.1 Å². The topological polar surface area (TPSA) is 143 Å². The number of likely N-dealkylation sites (N-methyl/N-ethyl adjacent to an activating group) is 1. The number of hydrogen-bond acceptors (Lipinski definition) is 8. The lowest BCUT2D eigenvalue weighted by Crippen LogP contribution is -2.31. The van der Waals surface area contributed by atoms with Crippen molar-refractivity contribution in [3.05, 3.63) is 69.3 Å². The van der Waals surface area contributed by atoms with E-state index in [2.05, 4.69) is 0 Å². The number of nitriles is 1. The standard InChI is InChI=1S/C24H25N3O7/c1-4-26(5-2)23(29)19(15-25)12-18-13-20(27(31)32)22(28)21(14-18)34-24(30)33-16(3)11-17-9-7-6-8-10-17/h6-10,12-14,16,28H,4-5,11H2,1-3H3/b19-12+. The van der Waals surface area contributed by atoms with Gasteiger partial charge in [-0.05, 0) is 44.0 Å². The Morgan fingerprint density at radius 1 is 1.24 bits per heavy atom. The third kappa shape index (κ3) is 6.80. The van der Waals surface area contributed by atoms with Crippen LogP contribution < -0.4 is 4.74 Å². The molecule has 178 valence electrons. The van der Waals surface area contributed by atoms with Crippen LogP contribution in [0.25, 0.3) is 6.08 Å². The van der Waals surface area contributed by atoms with Crippen LogP contribution >= 0.6 is 0 Å². The molecule has 0 saturated heterocycles. The van der Waals surface area contributed by atoms with E-state index in [0.29, 0.717) is 19.5 Å². The van der Waals surface area contributed by atoms with E-state index in [1.807, 2.05) is 30.3 Å². The third-order valence-electron chi connectivity index (χ3n) is 4.84. The molecule has 2 aromatic rings. The summed E-state index contributed by atoms with van der Waals surface area (Å²) >= 11 is 0. The fraction of sp³-hybridized carbons (Fsp3) is 0.292. The fourth-order valence-electron chi connectivity index (χ4n) is 3.17. The van der Waals surface area contributed by atoms with Crippen LogP contribution in [0.15, 0.2) is 48.0 Å². The molecule has 1 N–H and O–H groups in total. The molecule has 1 amide bonds. The summed E-state index contributed by atoms with van der Waals surface area (Å²) in [7, 11) is 0. The van der Waals surface area contributed by atoms with Crippen molar-refractivity contribution >= 4 is 23.8 Å². The second-order valence-electron chi connectivity index (χ2n) is 7.26. The second-order valence-corrected chi connectivity index (χ2v) is 7.26. The number of aromatic hydroxyl groups is 1. The molecule has 0 aromatic heterocycles. The summed E-state index contributed by atoms with van der Waals surface area (Å²) in [5.74, 6) is -1.98. The van der Waals surface area contributed by atoms with Gasteiger partial charge in [-0.25, -0.2) is 4.79 Å². The molecule has 34 heavy (non-hydrogen) atoms. The number of phenolic OH excluding ortho intramolecular Hbond substituents is 1. The minimum atomic E-state index is -1.17. The van der Waals surface area contributed by atoms with Crippen LogP contribution in [0.2, 0.25) is 0 Å². The number of nitro groups is 1. The molecule has 0 saturated carbocycles. The molecule has 0 aliphatic carbocycles. The number of phenols is 1. The Kier molecular flexibility index (Phi) is 9.14. The van der Waals surface area contributed by atoms with Gasteiger partial charge >= 0.3 is 11.8 Å². The molecule has 0 heterocycles. The van der Waals surface area contributed by atoms with Crippen molar-refractivity contribution in [2.75, 3.05) is 13.1 Å². The number of ether oxygens (including phenoxy) is 2. The van der Waals surface area contributed by atoms with E-state index in [1.54, 1.807) is 26.8 Å².